The first-order chi connectivity index (χ1) is 9.67. The molecule has 0 aliphatic carbocycles. The van der Waals surface area contributed by atoms with Crippen LogP contribution in [0, 0.1) is 12.7 Å². The van der Waals surface area contributed by atoms with E-state index < -0.39 is 0 Å². The van der Waals surface area contributed by atoms with Crippen LogP contribution in [0.5, 0.6) is 11.6 Å². The molecule has 3 N–H and O–H groups in total. The summed E-state index contributed by atoms with van der Waals surface area (Å²) in [4.78, 5) is 8.35. The highest BCUT2D eigenvalue weighted by atomic mass is 19.1. The summed E-state index contributed by atoms with van der Waals surface area (Å²) in [6.45, 7) is 1.82. The first-order valence-corrected chi connectivity index (χ1v) is 5.91. The monoisotopic (exact) mass is 273 g/mol. The summed E-state index contributed by atoms with van der Waals surface area (Å²) in [6.07, 6.45) is 5.03. The summed E-state index contributed by atoms with van der Waals surface area (Å²) >= 11 is 0. The van der Waals surface area contributed by atoms with E-state index in [4.69, 9.17) is 10.6 Å². The van der Waals surface area contributed by atoms with Crippen molar-refractivity contribution >= 4 is 11.5 Å². The largest absolute Gasteiger partial charge is 0.435 e. The topological polar surface area (TPSA) is 77.5 Å². The Morgan fingerprint density at radius 1 is 1.40 bits per heavy atom. The Morgan fingerprint density at radius 2 is 2.25 bits per heavy atom. The number of imidazole rings is 1. The normalized spacial score (nSPS) is 10.8. The van der Waals surface area contributed by atoms with Crippen LogP contribution >= 0.6 is 0 Å². The molecule has 2 aromatic heterocycles. The molecule has 0 fully saturated rings. The minimum absolute atomic E-state index is 0.249. The van der Waals surface area contributed by atoms with Gasteiger partial charge in [-0.05, 0) is 18.6 Å². The number of anilines is 1. The van der Waals surface area contributed by atoms with Crippen LogP contribution in [0.1, 0.15) is 5.56 Å². The Balaban J connectivity index is 2.09. The first kappa shape index (κ1) is 12.4. The van der Waals surface area contributed by atoms with Gasteiger partial charge in [-0.3, -0.25) is 4.40 Å². The number of hydrogen-bond donors (Lipinski definition) is 2. The molecule has 0 bridgehead atoms. The van der Waals surface area contributed by atoms with Crippen LogP contribution < -0.4 is 16.0 Å². The predicted octanol–water partition coefficient (Wildman–Crippen LogP) is 2.25. The Morgan fingerprint density at radius 3 is 3.05 bits per heavy atom. The summed E-state index contributed by atoms with van der Waals surface area (Å²) in [5.41, 5.74) is 3.76. The number of aromatic nitrogens is 3. The minimum atomic E-state index is -0.377. The average Bonchev–Trinajstić information content (AvgIpc) is 2.91. The molecule has 3 rings (SSSR count). The lowest BCUT2D eigenvalue weighted by Crippen LogP contribution is -2.10. The van der Waals surface area contributed by atoms with E-state index in [1.54, 1.807) is 29.1 Å². The molecule has 0 spiro atoms. The van der Waals surface area contributed by atoms with Gasteiger partial charge in [-0.15, -0.1) is 0 Å². The molecule has 3 aromatic rings. The maximum Gasteiger partial charge on any atom is 0.265 e. The van der Waals surface area contributed by atoms with Crippen LogP contribution in [0.25, 0.3) is 5.65 Å². The number of ether oxygens (including phenoxy) is 1. The summed E-state index contributed by atoms with van der Waals surface area (Å²) in [6, 6.07) is 4.32. The molecule has 0 saturated heterocycles. The van der Waals surface area contributed by atoms with Crippen molar-refractivity contribution in [3.05, 3.63) is 48.2 Å². The standard InChI is InChI=1S/C13H12FN5O/c1-8-2-3-9(14)6-10(8)20-13-12-16-4-5-19(12)7-11(17-13)18-15/h2-7,18H,15H2,1H3. The molecule has 102 valence electrons. The maximum absolute atomic E-state index is 13.3. The fraction of sp³-hybridized carbons (Fsp3) is 0.0769. The van der Waals surface area contributed by atoms with E-state index >= 15 is 0 Å². The van der Waals surface area contributed by atoms with Crippen molar-refractivity contribution in [2.75, 3.05) is 5.43 Å². The number of nitrogens with two attached hydrogens (primary N) is 1. The quantitative estimate of drug-likeness (QED) is 0.565. The van der Waals surface area contributed by atoms with Crippen molar-refractivity contribution in [3.8, 4) is 11.6 Å². The third-order valence-corrected chi connectivity index (χ3v) is 2.85. The smallest absolute Gasteiger partial charge is 0.265 e. The van der Waals surface area contributed by atoms with E-state index in [0.717, 1.165) is 5.56 Å². The van der Waals surface area contributed by atoms with Crippen molar-refractivity contribution in [1.82, 2.24) is 14.4 Å². The highest BCUT2D eigenvalue weighted by Gasteiger charge is 2.11. The minimum Gasteiger partial charge on any atom is -0.435 e. The van der Waals surface area contributed by atoms with Crippen molar-refractivity contribution in [1.29, 1.82) is 0 Å². The van der Waals surface area contributed by atoms with Crippen molar-refractivity contribution in [2.45, 2.75) is 6.92 Å². The fourth-order valence-electron chi connectivity index (χ4n) is 1.83. The second kappa shape index (κ2) is 4.78. The van der Waals surface area contributed by atoms with Gasteiger partial charge in [-0.25, -0.2) is 15.2 Å². The van der Waals surface area contributed by atoms with E-state index in [0.29, 0.717) is 17.2 Å². The molecule has 7 heteroatoms. The Hall–Kier alpha value is -2.67. The molecular weight excluding hydrogens is 261 g/mol. The summed E-state index contributed by atoms with van der Waals surface area (Å²) in [5, 5.41) is 0. The molecule has 0 atom stereocenters. The number of benzene rings is 1. The molecule has 1 aromatic carbocycles. The van der Waals surface area contributed by atoms with Gasteiger partial charge in [0, 0.05) is 18.5 Å². The number of rotatable bonds is 3. The van der Waals surface area contributed by atoms with E-state index in [-0.39, 0.29) is 11.7 Å². The van der Waals surface area contributed by atoms with Crippen LogP contribution in [0.15, 0.2) is 36.8 Å². The molecule has 0 radical (unpaired) electrons. The van der Waals surface area contributed by atoms with Crippen molar-refractivity contribution in [2.24, 2.45) is 5.84 Å². The molecule has 0 unspecified atom stereocenters. The molecule has 0 saturated carbocycles. The SMILES string of the molecule is Cc1ccc(F)cc1Oc1nc(NN)cn2ccnc12. The van der Waals surface area contributed by atoms with Gasteiger partial charge in [-0.2, -0.15) is 4.98 Å². The Kier molecular flexibility index (Phi) is 2.96. The maximum atomic E-state index is 13.3. The van der Waals surface area contributed by atoms with E-state index in [9.17, 15) is 4.39 Å². The first-order valence-electron chi connectivity index (χ1n) is 5.91. The number of fused-ring (bicyclic) bond motifs is 1. The van der Waals surface area contributed by atoms with Gasteiger partial charge < -0.3 is 10.2 Å². The zero-order valence-electron chi connectivity index (χ0n) is 10.7. The van der Waals surface area contributed by atoms with Crippen molar-refractivity contribution in [3.63, 3.8) is 0 Å². The van der Waals surface area contributed by atoms with E-state index in [1.165, 1.54) is 12.1 Å². The number of nitrogens with one attached hydrogen (secondary N) is 1. The van der Waals surface area contributed by atoms with Gasteiger partial charge in [0.25, 0.3) is 5.88 Å². The molecule has 0 aliphatic rings. The third kappa shape index (κ3) is 2.14. The molecule has 2 heterocycles. The Bertz CT molecular complexity index is 771. The number of nitrogens with zero attached hydrogens (tertiary/aromatic N) is 3. The van der Waals surface area contributed by atoms with Crippen molar-refractivity contribution < 1.29 is 9.13 Å². The number of hydrogen-bond acceptors (Lipinski definition) is 5. The molecule has 0 amide bonds. The Labute approximate surface area is 114 Å². The van der Waals surface area contributed by atoms with Crippen LogP contribution in [0.2, 0.25) is 0 Å². The molecule has 6 nitrogen and oxygen atoms in total. The van der Waals surface area contributed by atoms with Gasteiger partial charge in [-0.1, -0.05) is 6.07 Å². The molecule has 0 aliphatic heterocycles. The lowest BCUT2D eigenvalue weighted by molar-refractivity contribution is 0.457. The van der Waals surface area contributed by atoms with Crippen LogP contribution in [0.3, 0.4) is 0 Å². The van der Waals surface area contributed by atoms with Gasteiger partial charge in [0.2, 0.25) is 5.65 Å². The van der Waals surface area contributed by atoms with Crippen LogP contribution in [0.4, 0.5) is 10.2 Å². The third-order valence-electron chi connectivity index (χ3n) is 2.85. The highest BCUT2D eigenvalue weighted by Crippen LogP contribution is 2.27. The lowest BCUT2D eigenvalue weighted by Gasteiger charge is -2.10. The number of aryl methyl sites for hydroxylation is 1. The number of hydrazine groups is 1. The van der Waals surface area contributed by atoms with E-state index in [2.05, 4.69) is 15.4 Å². The lowest BCUT2D eigenvalue weighted by atomic mass is 10.2. The number of nitrogen functional groups attached to an aromatic ring is 1. The second-order valence-electron chi connectivity index (χ2n) is 4.25. The van der Waals surface area contributed by atoms with Gasteiger partial charge in [0.05, 0.1) is 6.20 Å². The number of halogens is 1. The van der Waals surface area contributed by atoms with Crippen LogP contribution in [-0.2, 0) is 0 Å². The summed E-state index contributed by atoms with van der Waals surface area (Å²) in [7, 11) is 0. The second-order valence-corrected chi connectivity index (χ2v) is 4.25. The fourth-order valence-corrected chi connectivity index (χ4v) is 1.83. The zero-order valence-corrected chi connectivity index (χ0v) is 10.7. The highest BCUT2D eigenvalue weighted by molar-refractivity contribution is 5.55. The summed E-state index contributed by atoms with van der Waals surface area (Å²) < 4.78 is 20.7. The predicted molar refractivity (Wildman–Crippen MR) is 72.0 cm³/mol. The zero-order chi connectivity index (χ0) is 14.1. The summed E-state index contributed by atoms with van der Waals surface area (Å²) in [5.74, 6) is 6.04. The molecule has 20 heavy (non-hydrogen) atoms. The average molecular weight is 273 g/mol. The van der Waals surface area contributed by atoms with E-state index in [1.807, 2.05) is 6.92 Å². The van der Waals surface area contributed by atoms with Gasteiger partial charge >= 0.3 is 0 Å². The van der Waals surface area contributed by atoms with Gasteiger partial charge in [0.1, 0.15) is 11.6 Å². The molecular formula is C13H12FN5O. The van der Waals surface area contributed by atoms with Crippen LogP contribution in [-0.4, -0.2) is 14.4 Å². The van der Waals surface area contributed by atoms with Gasteiger partial charge in [0.15, 0.2) is 5.82 Å².